The van der Waals surface area contributed by atoms with Crippen LogP contribution in [0.3, 0.4) is 0 Å². The third-order valence-corrected chi connectivity index (χ3v) is 6.00. The maximum atomic E-state index is 13.9. The van der Waals surface area contributed by atoms with E-state index in [9.17, 15) is 32.8 Å². The van der Waals surface area contributed by atoms with Crippen LogP contribution in [0.15, 0.2) is 72.6 Å². The van der Waals surface area contributed by atoms with Crippen LogP contribution in [-0.2, 0) is 20.5 Å². The van der Waals surface area contributed by atoms with Crippen molar-refractivity contribution in [2.45, 2.75) is 26.1 Å². The topological polar surface area (TPSA) is 94.0 Å². The van der Waals surface area contributed by atoms with Crippen molar-refractivity contribution >= 4 is 23.6 Å². The summed E-state index contributed by atoms with van der Waals surface area (Å²) in [6.07, 6.45) is -3.44. The Hall–Kier alpha value is -4.59. The van der Waals surface area contributed by atoms with Crippen LogP contribution >= 0.6 is 0 Å². The molecule has 1 heterocycles. The Morgan fingerprint density at radius 3 is 2.42 bits per heavy atom. The van der Waals surface area contributed by atoms with Gasteiger partial charge in [0.15, 0.2) is 0 Å². The van der Waals surface area contributed by atoms with Crippen LogP contribution in [0, 0.1) is 11.3 Å². The van der Waals surface area contributed by atoms with E-state index < -0.39 is 42.2 Å². The normalized spacial score (nSPS) is 15.7. The molecule has 1 atom stereocenters. The number of carbonyl (C=O) groups is 3. The lowest BCUT2D eigenvalue weighted by molar-refractivity contribution is -0.140. The third kappa shape index (κ3) is 5.54. The number of alkyl halides is 3. The van der Waals surface area contributed by atoms with Gasteiger partial charge in [0.05, 0.1) is 41.1 Å². The molecule has 0 fully saturated rings. The van der Waals surface area contributed by atoms with E-state index in [0.29, 0.717) is 11.1 Å². The van der Waals surface area contributed by atoms with Gasteiger partial charge >= 0.3 is 18.2 Å². The van der Waals surface area contributed by atoms with E-state index in [1.165, 1.54) is 50.5 Å². The van der Waals surface area contributed by atoms with Crippen LogP contribution in [0.4, 0.5) is 23.7 Å². The summed E-state index contributed by atoms with van der Waals surface area (Å²) in [6.45, 7) is 6.01. The molecule has 0 aliphatic carbocycles. The molecule has 0 saturated heterocycles. The fourth-order valence-electron chi connectivity index (χ4n) is 4.05. The van der Waals surface area contributed by atoms with Crippen LogP contribution in [0.1, 0.15) is 36.6 Å². The second-order valence-electron chi connectivity index (χ2n) is 8.34. The summed E-state index contributed by atoms with van der Waals surface area (Å²) in [7, 11) is 1.43. The van der Waals surface area contributed by atoms with E-state index in [1.807, 2.05) is 6.07 Å². The molecule has 0 spiro atoms. The van der Waals surface area contributed by atoms with Crippen molar-refractivity contribution in [3.8, 4) is 6.07 Å². The first-order valence-electron chi connectivity index (χ1n) is 11.5. The van der Waals surface area contributed by atoms with Gasteiger partial charge in [0, 0.05) is 12.7 Å². The first-order chi connectivity index (χ1) is 17.9. The van der Waals surface area contributed by atoms with Crippen LogP contribution in [0.2, 0.25) is 0 Å². The Kier molecular flexibility index (Phi) is 8.26. The molecule has 3 rings (SSSR count). The van der Waals surface area contributed by atoms with Gasteiger partial charge in [-0.2, -0.15) is 18.4 Å². The zero-order chi connectivity index (χ0) is 28.2. The molecular formula is C27H25F3N4O4. The van der Waals surface area contributed by atoms with E-state index in [2.05, 4.69) is 6.58 Å². The Balaban J connectivity index is 2.30. The highest BCUT2D eigenvalue weighted by atomic mass is 19.4. The lowest BCUT2D eigenvalue weighted by Gasteiger charge is -2.42. The highest BCUT2D eigenvalue weighted by molar-refractivity contribution is 6.04. The number of nitriles is 1. The summed E-state index contributed by atoms with van der Waals surface area (Å²) < 4.78 is 45.7. The Morgan fingerprint density at radius 2 is 1.87 bits per heavy atom. The van der Waals surface area contributed by atoms with E-state index in [1.54, 1.807) is 6.92 Å². The molecule has 8 nitrogen and oxygen atoms in total. The predicted molar refractivity (Wildman–Crippen MR) is 132 cm³/mol. The number of esters is 1. The quantitative estimate of drug-likeness (QED) is 0.474. The van der Waals surface area contributed by atoms with Gasteiger partial charge in [0.2, 0.25) is 5.91 Å². The van der Waals surface area contributed by atoms with Crippen molar-refractivity contribution in [2.24, 2.45) is 0 Å². The summed E-state index contributed by atoms with van der Waals surface area (Å²) >= 11 is 0. The van der Waals surface area contributed by atoms with E-state index in [-0.39, 0.29) is 23.6 Å². The van der Waals surface area contributed by atoms with Gasteiger partial charge in [0.25, 0.3) is 0 Å². The molecule has 0 aromatic heterocycles. The molecule has 38 heavy (non-hydrogen) atoms. The molecule has 0 N–H and O–H groups in total. The minimum absolute atomic E-state index is 0.00859. The molecular weight excluding hydrogens is 501 g/mol. The number of benzene rings is 2. The molecule has 2 aromatic rings. The first kappa shape index (κ1) is 28.0. The van der Waals surface area contributed by atoms with E-state index >= 15 is 0 Å². The largest absolute Gasteiger partial charge is 0.463 e. The van der Waals surface area contributed by atoms with Gasteiger partial charge in [-0.3, -0.25) is 9.69 Å². The molecule has 2 aromatic carbocycles. The van der Waals surface area contributed by atoms with Gasteiger partial charge in [-0.05, 0) is 55.9 Å². The highest BCUT2D eigenvalue weighted by Gasteiger charge is 2.44. The van der Waals surface area contributed by atoms with Gasteiger partial charge in [0.1, 0.15) is 6.54 Å². The van der Waals surface area contributed by atoms with Crippen LogP contribution in [0.25, 0.3) is 0 Å². The standard InChI is InChI=1S/C27H25F3N4O4/c1-5-32(4)22(35)16-33-24(19-12-10-18(15-31)11-13-19)23(25(36)38-6-2)17(3)34(26(33)37)21-9-7-8-20(14-21)27(28,29)30/h5,7-14,24H,1,6,16H2,2-4H3/t24-/m1/s1. The summed E-state index contributed by atoms with van der Waals surface area (Å²) in [5.41, 5.74) is -0.398. The van der Waals surface area contributed by atoms with Crippen molar-refractivity contribution in [1.29, 1.82) is 5.26 Å². The minimum Gasteiger partial charge on any atom is -0.463 e. The van der Waals surface area contributed by atoms with Crippen molar-refractivity contribution in [3.63, 3.8) is 0 Å². The molecule has 0 radical (unpaired) electrons. The number of carbonyl (C=O) groups excluding carboxylic acids is 3. The number of likely N-dealkylation sites (N-methyl/N-ethyl adjacent to an activating group) is 1. The fraction of sp³-hybridized carbons (Fsp3) is 0.259. The summed E-state index contributed by atoms with van der Waals surface area (Å²) in [4.78, 5) is 43.3. The van der Waals surface area contributed by atoms with Gasteiger partial charge in [-0.1, -0.05) is 24.8 Å². The summed E-state index contributed by atoms with van der Waals surface area (Å²) in [5.74, 6) is -1.36. The average Bonchev–Trinajstić information content (AvgIpc) is 2.89. The van der Waals surface area contributed by atoms with Gasteiger partial charge < -0.3 is 14.5 Å². The Bertz CT molecular complexity index is 1330. The number of hydrogen-bond donors (Lipinski definition) is 0. The SMILES string of the molecule is C=CN(C)C(=O)CN1C(=O)N(c2cccc(C(F)(F)F)c2)C(C)=C(C(=O)OCC)[C@H]1c1ccc(C#N)cc1. The zero-order valence-electron chi connectivity index (χ0n) is 21.0. The molecule has 3 amide bonds. The van der Waals surface area contributed by atoms with Crippen molar-refractivity contribution < 1.29 is 32.3 Å². The molecule has 11 heteroatoms. The molecule has 198 valence electrons. The minimum atomic E-state index is -4.68. The Morgan fingerprint density at radius 1 is 1.21 bits per heavy atom. The van der Waals surface area contributed by atoms with Crippen LogP contribution < -0.4 is 4.90 Å². The number of rotatable bonds is 7. The predicted octanol–water partition coefficient (Wildman–Crippen LogP) is 5.00. The van der Waals surface area contributed by atoms with E-state index in [4.69, 9.17) is 4.74 Å². The van der Waals surface area contributed by atoms with Crippen molar-refractivity contribution in [2.75, 3.05) is 25.1 Å². The lowest BCUT2D eigenvalue weighted by atomic mass is 9.92. The smallest absolute Gasteiger partial charge is 0.416 e. The second kappa shape index (κ2) is 11.2. The molecule has 1 aliphatic heterocycles. The van der Waals surface area contributed by atoms with Gasteiger partial charge in [-0.15, -0.1) is 0 Å². The number of urea groups is 1. The van der Waals surface area contributed by atoms with Crippen LogP contribution in [0.5, 0.6) is 0 Å². The number of amides is 3. The molecule has 0 unspecified atom stereocenters. The number of hydrogen-bond acceptors (Lipinski definition) is 5. The Labute approximate surface area is 217 Å². The number of ether oxygens (including phenoxy) is 1. The summed E-state index contributed by atoms with van der Waals surface area (Å²) in [5, 5.41) is 9.19. The average molecular weight is 527 g/mol. The van der Waals surface area contributed by atoms with E-state index in [0.717, 1.165) is 32.9 Å². The third-order valence-electron chi connectivity index (χ3n) is 6.00. The molecule has 0 bridgehead atoms. The monoisotopic (exact) mass is 526 g/mol. The summed E-state index contributed by atoms with van der Waals surface area (Å²) in [6, 6.07) is 10.2. The fourth-order valence-corrected chi connectivity index (χ4v) is 4.05. The van der Waals surface area contributed by atoms with Gasteiger partial charge in [-0.25, -0.2) is 9.59 Å². The highest BCUT2D eigenvalue weighted by Crippen LogP contribution is 2.41. The lowest BCUT2D eigenvalue weighted by Crippen LogP contribution is -2.53. The van der Waals surface area contributed by atoms with Crippen molar-refractivity contribution in [1.82, 2.24) is 9.80 Å². The molecule has 1 aliphatic rings. The maximum Gasteiger partial charge on any atom is 0.416 e. The first-order valence-corrected chi connectivity index (χ1v) is 11.5. The molecule has 0 saturated carbocycles. The number of anilines is 1. The van der Waals surface area contributed by atoms with Crippen molar-refractivity contribution in [3.05, 3.63) is 89.3 Å². The number of halogens is 3. The second-order valence-corrected chi connectivity index (χ2v) is 8.34. The maximum absolute atomic E-state index is 13.9. The van der Waals surface area contributed by atoms with Crippen LogP contribution in [-0.4, -0.2) is 47.9 Å². The number of nitrogens with zero attached hydrogens (tertiary/aromatic N) is 4. The number of allylic oxidation sites excluding steroid dienone is 1. The zero-order valence-corrected chi connectivity index (χ0v) is 21.0.